The molecule has 1 aliphatic carbocycles. The molecular formula is C83H70N4OSi. The Kier molecular flexibility index (Phi) is 8.08. The van der Waals surface area contributed by atoms with Crippen molar-refractivity contribution in [1.82, 2.24) is 14.1 Å². The monoisotopic (exact) mass is 1190 g/mol. The molecule has 89 heavy (non-hydrogen) atoms. The van der Waals surface area contributed by atoms with E-state index in [1.54, 1.807) is 30.5 Å². The molecule has 14 aromatic rings. The smallest absolute Gasteiger partial charge is 0.269 e. The summed E-state index contributed by atoms with van der Waals surface area (Å²) in [6.07, 6.45) is 5.64. The van der Waals surface area contributed by atoms with Crippen LogP contribution in [0.2, 0.25) is 0 Å². The van der Waals surface area contributed by atoms with Gasteiger partial charge in [-0.25, -0.2) is 4.98 Å². The molecule has 0 amide bonds. The molecule has 6 heteroatoms. The lowest BCUT2D eigenvalue weighted by atomic mass is 9.82. The highest BCUT2D eigenvalue weighted by Gasteiger charge is 2.43. The fraction of sp³-hybridized carbons (Fsp3) is 0.133. The van der Waals surface area contributed by atoms with Gasteiger partial charge in [0.05, 0.1) is 70.5 Å². The second-order valence-electron chi connectivity index (χ2n) is 24.4. The van der Waals surface area contributed by atoms with Crippen LogP contribution >= 0.6 is 0 Å². The van der Waals surface area contributed by atoms with Crippen LogP contribution in [0.25, 0.3) is 83.4 Å². The van der Waals surface area contributed by atoms with E-state index < -0.39 is 196 Å². The van der Waals surface area contributed by atoms with Gasteiger partial charge in [0.25, 0.3) is 6.33 Å². The molecule has 0 saturated carbocycles. The zero-order valence-corrected chi connectivity index (χ0v) is 50.5. The largest absolute Gasteiger partial charge is 0.458 e. The number of hydrogen-bond acceptors (Lipinski definition) is 2. The summed E-state index contributed by atoms with van der Waals surface area (Å²) in [5.74, 6) is 1.30. The normalized spacial score (nSPS) is 17.9. The Morgan fingerprint density at radius 1 is 0.506 bits per heavy atom. The van der Waals surface area contributed by atoms with Gasteiger partial charge < -0.3 is 4.74 Å². The molecular weight excluding hydrogens is 1100 g/mol. The Balaban J connectivity index is 1.09. The van der Waals surface area contributed by atoms with E-state index in [1.807, 2.05) is 82.3 Å². The van der Waals surface area contributed by atoms with Gasteiger partial charge in [-0.05, 0) is 148 Å². The first-order valence-corrected chi connectivity index (χ1v) is 30.9. The number of ether oxygens (including phenoxy) is 1. The van der Waals surface area contributed by atoms with Gasteiger partial charge in [-0.2, -0.15) is 0 Å². The van der Waals surface area contributed by atoms with Crippen LogP contribution in [0.4, 0.5) is 0 Å². The molecule has 0 radical (unpaired) electrons. The molecule has 5 nitrogen and oxygen atoms in total. The van der Waals surface area contributed by atoms with Gasteiger partial charge in [0.15, 0.2) is 8.07 Å². The number of pyridine rings is 1. The number of hydrogen-bond donors (Lipinski definition) is 0. The van der Waals surface area contributed by atoms with Crippen LogP contribution in [0.3, 0.4) is 0 Å². The maximum Gasteiger partial charge on any atom is 0.269 e. The SMILES string of the molecule is [2H]c1c([2H])c([2H])c(-c2ccc3c(c2)n(-c2cccc(Oc4ccc5c6ccccc6n(-c6cc(C(C)(C)C)ccn6)c5c4)c2)[c-][n+]3-c2c(-c3c([2H])c([2H])c4c(c3[2H])C(C)(C)CC4(C)C)cccc2-c2c([2H])c([2H])c([2H])c([Si](c3c([2H])c([2H])c([2H])c([2H])c3[2H])(c3c([2H])c([2H])c([2H])c([2H])c3[2H])c3c([2H])c([2H])c([2H])c([2H])c3[2H])c2[2H])c([2H])c1[2H]. The standard InChI is InChI=1S/C83H70N4OSi/c1-81(2,3)61-47-48-84-79(52-61)87-75-40-21-20-37-71(75)72-44-43-64(54-77(72)87)88-63-29-23-28-62(53-63)85-56-86(76-46-42-58(51-78(76)85)57-25-12-8-13-26-57)80-69(38-24-39-70(80)60-41-45-73-74(50-60)83(6,7)55-82(73,4)5)59-27-22-36-68(49-59)89(65-30-14-9-15-31-65,66-32-16-10-17-33-66)67-34-18-11-19-35-67/h8-54H,55H2,1-7H3/i8D,9D,10D,11D,12D,13D,14D,15D,16D,17D,18D,19D,22D,25D,26D,27D,30D,31D,32D,33D,34D,35D,36D,41D,45D,49D,50D. The first kappa shape index (κ1) is 33.3. The Morgan fingerprint density at radius 2 is 1.11 bits per heavy atom. The lowest BCUT2D eigenvalue weighted by molar-refractivity contribution is -0.571. The first-order chi connectivity index (χ1) is 54.4. The Morgan fingerprint density at radius 3 is 1.81 bits per heavy atom. The fourth-order valence-corrected chi connectivity index (χ4v) is 16.4. The number of para-hydroxylation sites is 2. The summed E-state index contributed by atoms with van der Waals surface area (Å²) in [7, 11) is -6.46. The predicted molar refractivity (Wildman–Crippen MR) is 372 cm³/mol. The molecule has 3 aromatic heterocycles. The van der Waals surface area contributed by atoms with Crippen molar-refractivity contribution in [2.45, 2.75) is 71.1 Å². The summed E-state index contributed by atoms with van der Waals surface area (Å²) in [5.41, 5.74) is 0.449. The van der Waals surface area contributed by atoms with E-state index in [4.69, 9.17) is 17.9 Å². The molecule has 432 valence electrons. The van der Waals surface area contributed by atoms with Gasteiger partial charge in [-0.15, -0.1) is 0 Å². The van der Waals surface area contributed by atoms with Gasteiger partial charge >= 0.3 is 0 Å². The molecule has 0 unspecified atom stereocenters. The minimum absolute atomic E-state index is 0.0800. The van der Waals surface area contributed by atoms with Crippen LogP contribution in [0, 0.1) is 6.33 Å². The van der Waals surface area contributed by atoms with E-state index in [2.05, 4.69) is 31.7 Å². The maximum absolute atomic E-state index is 11.1. The third-order valence-electron chi connectivity index (χ3n) is 16.7. The first-order valence-electron chi connectivity index (χ1n) is 42.4. The molecule has 0 atom stereocenters. The molecule has 11 aromatic carbocycles. The minimum atomic E-state index is -6.46. The zero-order valence-electron chi connectivity index (χ0n) is 76.5. The summed E-state index contributed by atoms with van der Waals surface area (Å²) >= 11 is 0. The molecule has 1 aliphatic rings. The highest BCUT2D eigenvalue weighted by atomic mass is 28.3. The van der Waals surface area contributed by atoms with Gasteiger partial charge in [-0.1, -0.05) is 266 Å². The van der Waals surface area contributed by atoms with Crippen LogP contribution in [-0.4, -0.2) is 22.2 Å². The van der Waals surface area contributed by atoms with Crippen LogP contribution in [0.5, 0.6) is 11.5 Å². The topological polar surface area (TPSA) is 35.9 Å². The van der Waals surface area contributed by atoms with E-state index in [1.165, 1.54) is 45.5 Å². The van der Waals surface area contributed by atoms with E-state index >= 15 is 0 Å². The number of aromatic nitrogens is 4. The van der Waals surface area contributed by atoms with E-state index in [0.717, 1.165) is 27.4 Å². The zero-order chi connectivity index (χ0) is 84.1. The average Bonchev–Trinajstić information content (AvgIpc) is 0.953. The lowest BCUT2D eigenvalue weighted by Gasteiger charge is -2.34. The summed E-state index contributed by atoms with van der Waals surface area (Å²) in [4.78, 5) is 4.85. The molecule has 3 heterocycles. The molecule has 0 saturated heterocycles. The van der Waals surface area contributed by atoms with Crippen LogP contribution in [0.1, 0.15) is 109 Å². The lowest BCUT2D eigenvalue weighted by Crippen LogP contribution is -2.74. The Labute approximate surface area is 561 Å². The molecule has 0 aliphatic heterocycles. The van der Waals surface area contributed by atoms with Gasteiger partial charge in [0.1, 0.15) is 17.3 Å². The summed E-state index contributed by atoms with van der Waals surface area (Å²) in [6, 6.07) is 7.21. The predicted octanol–water partition coefficient (Wildman–Crippen LogP) is 17.6. The molecule has 0 fully saturated rings. The summed E-state index contributed by atoms with van der Waals surface area (Å²) < 4.78 is 270. The van der Waals surface area contributed by atoms with Gasteiger partial charge in [-0.3, -0.25) is 13.7 Å². The van der Waals surface area contributed by atoms with Crippen molar-refractivity contribution in [3.63, 3.8) is 0 Å². The van der Waals surface area contributed by atoms with Crippen LogP contribution in [0.15, 0.2) is 285 Å². The molecule has 0 bridgehead atoms. The molecule has 15 rings (SSSR count). The molecule has 0 N–H and O–H groups in total. The summed E-state index contributed by atoms with van der Waals surface area (Å²) in [5, 5.41) is -2.41. The summed E-state index contributed by atoms with van der Waals surface area (Å²) in [6.45, 7) is 14.0. The Hall–Kier alpha value is -10.1. The average molecular weight is 1190 g/mol. The van der Waals surface area contributed by atoms with Crippen LogP contribution < -0.4 is 30.1 Å². The van der Waals surface area contributed by atoms with Crippen molar-refractivity contribution in [2.75, 3.05) is 0 Å². The van der Waals surface area contributed by atoms with Crippen molar-refractivity contribution in [1.29, 1.82) is 0 Å². The second kappa shape index (κ2) is 21.6. The minimum Gasteiger partial charge on any atom is -0.458 e. The van der Waals surface area contributed by atoms with Crippen molar-refractivity contribution in [3.8, 4) is 62.1 Å². The number of fused-ring (bicyclic) bond motifs is 5. The third-order valence-corrected chi connectivity index (χ3v) is 20.7. The van der Waals surface area contributed by atoms with Crippen LogP contribution in [-0.2, 0) is 16.2 Å². The number of rotatable bonds is 12. The second-order valence-corrected chi connectivity index (χ2v) is 27.9. The number of imidazole rings is 1. The number of nitrogens with zero attached hydrogens (tertiary/aromatic N) is 4. The van der Waals surface area contributed by atoms with Crippen molar-refractivity contribution in [2.24, 2.45) is 0 Å². The molecule has 0 spiro atoms. The third kappa shape index (κ3) is 9.62. The Bertz CT molecular complexity index is 6420. The van der Waals surface area contributed by atoms with E-state index in [-0.39, 0.29) is 73.5 Å². The quantitative estimate of drug-likeness (QED) is 0.0529. The van der Waals surface area contributed by atoms with Gasteiger partial charge in [0, 0.05) is 23.0 Å². The van der Waals surface area contributed by atoms with E-state index in [0.29, 0.717) is 29.1 Å². The van der Waals surface area contributed by atoms with Crippen molar-refractivity contribution >= 4 is 61.7 Å². The van der Waals surface area contributed by atoms with Crippen molar-refractivity contribution < 1.29 is 46.3 Å². The number of benzene rings is 11. The fourth-order valence-electron chi connectivity index (χ4n) is 12.9. The van der Waals surface area contributed by atoms with E-state index in [9.17, 15) is 28.8 Å². The maximum atomic E-state index is 11.1. The highest BCUT2D eigenvalue weighted by molar-refractivity contribution is 7.19. The van der Waals surface area contributed by atoms with Crippen molar-refractivity contribution in [3.05, 3.63) is 308 Å². The highest BCUT2D eigenvalue weighted by Crippen LogP contribution is 2.51. The van der Waals surface area contributed by atoms with Gasteiger partial charge in [0.2, 0.25) is 0 Å².